The minimum absolute atomic E-state index is 0.283. The molecule has 0 fully saturated rings. The topological polar surface area (TPSA) is 69.6 Å². The standard InChI is InChI=1S/C12H12BrN5S/c1-7(11-15-2-3-19-11)6-18-10-9(17-12(18)14)4-8(13)5-16-10/h2-5,7H,6H2,1H3,(H2,14,17). The highest BCUT2D eigenvalue weighted by atomic mass is 79.9. The summed E-state index contributed by atoms with van der Waals surface area (Å²) in [5.74, 6) is 0.772. The molecular weight excluding hydrogens is 326 g/mol. The van der Waals surface area contributed by atoms with Gasteiger partial charge in [0.1, 0.15) is 5.52 Å². The van der Waals surface area contributed by atoms with Crippen molar-refractivity contribution >= 4 is 44.4 Å². The second-order valence-corrected chi connectivity index (χ2v) is 6.19. The Balaban J connectivity index is 1.98. The van der Waals surface area contributed by atoms with E-state index in [-0.39, 0.29) is 5.92 Å². The monoisotopic (exact) mass is 337 g/mol. The zero-order valence-electron chi connectivity index (χ0n) is 10.2. The van der Waals surface area contributed by atoms with Crippen LogP contribution in [0.4, 0.5) is 5.95 Å². The Labute approximate surface area is 122 Å². The molecule has 0 radical (unpaired) electrons. The molecule has 5 nitrogen and oxygen atoms in total. The molecule has 1 unspecified atom stereocenters. The average molecular weight is 338 g/mol. The lowest BCUT2D eigenvalue weighted by Gasteiger charge is -2.11. The molecule has 0 bridgehead atoms. The van der Waals surface area contributed by atoms with Gasteiger partial charge in [-0.3, -0.25) is 4.57 Å². The fourth-order valence-electron chi connectivity index (χ4n) is 2.01. The van der Waals surface area contributed by atoms with E-state index in [0.717, 1.165) is 27.2 Å². The quantitative estimate of drug-likeness (QED) is 0.797. The van der Waals surface area contributed by atoms with Gasteiger partial charge in [0.15, 0.2) is 5.65 Å². The molecule has 0 saturated heterocycles. The number of nitrogens with zero attached hydrogens (tertiary/aromatic N) is 4. The maximum absolute atomic E-state index is 5.98. The molecule has 1 atom stereocenters. The number of aromatic nitrogens is 4. The molecule has 7 heteroatoms. The van der Waals surface area contributed by atoms with E-state index in [4.69, 9.17) is 5.73 Å². The molecule has 3 rings (SSSR count). The fraction of sp³-hybridized carbons (Fsp3) is 0.250. The maximum atomic E-state index is 5.98. The smallest absolute Gasteiger partial charge is 0.202 e. The largest absolute Gasteiger partial charge is 0.369 e. The van der Waals surface area contributed by atoms with Crippen LogP contribution in [0.2, 0.25) is 0 Å². The van der Waals surface area contributed by atoms with Gasteiger partial charge in [-0.1, -0.05) is 6.92 Å². The number of imidazole rings is 1. The third-order valence-electron chi connectivity index (χ3n) is 2.91. The van der Waals surface area contributed by atoms with Crippen molar-refractivity contribution in [2.75, 3.05) is 5.73 Å². The Hall–Kier alpha value is -1.47. The zero-order valence-corrected chi connectivity index (χ0v) is 12.6. The van der Waals surface area contributed by atoms with Crippen molar-refractivity contribution in [3.8, 4) is 0 Å². The van der Waals surface area contributed by atoms with Crippen molar-refractivity contribution in [2.24, 2.45) is 0 Å². The van der Waals surface area contributed by atoms with Gasteiger partial charge in [-0.15, -0.1) is 11.3 Å². The van der Waals surface area contributed by atoms with Gasteiger partial charge in [-0.2, -0.15) is 0 Å². The van der Waals surface area contributed by atoms with Gasteiger partial charge in [0.25, 0.3) is 0 Å². The summed E-state index contributed by atoms with van der Waals surface area (Å²) in [5.41, 5.74) is 7.60. The molecule has 2 N–H and O–H groups in total. The third kappa shape index (κ3) is 2.35. The van der Waals surface area contributed by atoms with Gasteiger partial charge >= 0.3 is 0 Å². The van der Waals surface area contributed by atoms with Gasteiger partial charge in [0.2, 0.25) is 5.95 Å². The van der Waals surface area contributed by atoms with E-state index in [9.17, 15) is 0 Å². The van der Waals surface area contributed by atoms with Crippen LogP contribution in [0.3, 0.4) is 0 Å². The Morgan fingerprint density at radius 1 is 1.47 bits per heavy atom. The summed E-state index contributed by atoms with van der Waals surface area (Å²) >= 11 is 5.04. The molecule has 3 heterocycles. The van der Waals surface area contributed by atoms with Crippen LogP contribution in [-0.4, -0.2) is 19.5 Å². The highest BCUT2D eigenvalue weighted by Gasteiger charge is 2.15. The molecule has 0 aliphatic carbocycles. The number of hydrogen-bond donors (Lipinski definition) is 1. The predicted molar refractivity (Wildman–Crippen MR) is 80.2 cm³/mol. The summed E-state index contributed by atoms with van der Waals surface area (Å²) in [6.07, 6.45) is 3.58. The molecule has 19 heavy (non-hydrogen) atoms. The number of nitrogen functional groups attached to an aromatic ring is 1. The molecule has 98 valence electrons. The normalized spacial score (nSPS) is 12.9. The van der Waals surface area contributed by atoms with E-state index in [1.165, 1.54) is 0 Å². The fourth-order valence-corrected chi connectivity index (χ4v) is 3.02. The number of halogens is 1. The van der Waals surface area contributed by atoms with Crippen molar-refractivity contribution in [3.05, 3.63) is 33.3 Å². The summed E-state index contributed by atoms with van der Waals surface area (Å²) in [6.45, 7) is 2.85. The molecule has 0 aromatic carbocycles. The number of pyridine rings is 1. The Morgan fingerprint density at radius 3 is 3.05 bits per heavy atom. The van der Waals surface area contributed by atoms with Crippen LogP contribution >= 0.6 is 27.3 Å². The number of rotatable bonds is 3. The molecular formula is C12H12BrN5S. The third-order valence-corrected chi connectivity index (χ3v) is 4.35. The summed E-state index contributed by atoms with van der Waals surface area (Å²) < 4.78 is 2.84. The number of thiazole rings is 1. The molecule has 3 aromatic heterocycles. The van der Waals surface area contributed by atoms with Gasteiger partial charge in [0, 0.05) is 34.7 Å². The first-order valence-corrected chi connectivity index (χ1v) is 7.49. The summed E-state index contributed by atoms with van der Waals surface area (Å²) in [4.78, 5) is 13.1. The van der Waals surface area contributed by atoms with Crippen molar-refractivity contribution in [1.82, 2.24) is 19.5 Å². The molecule has 0 amide bonds. The van der Waals surface area contributed by atoms with E-state index in [0.29, 0.717) is 5.95 Å². The summed E-state index contributed by atoms with van der Waals surface area (Å²) in [7, 11) is 0. The Morgan fingerprint density at radius 2 is 2.32 bits per heavy atom. The van der Waals surface area contributed by atoms with Gasteiger partial charge in [0.05, 0.1) is 5.01 Å². The number of nitrogens with two attached hydrogens (primary N) is 1. The van der Waals surface area contributed by atoms with Crippen LogP contribution in [0.1, 0.15) is 17.8 Å². The first-order chi connectivity index (χ1) is 9.15. The lowest BCUT2D eigenvalue weighted by atomic mass is 10.2. The average Bonchev–Trinajstić information content (AvgIpc) is 2.98. The maximum Gasteiger partial charge on any atom is 0.202 e. The van der Waals surface area contributed by atoms with Crippen molar-refractivity contribution in [2.45, 2.75) is 19.4 Å². The second-order valence-electron chi connectivity index (χ2n) is 4.35. The van der Waals surface area contributed by atoms with Crippen LogP contribution < -0.4 is 5.73 Å². The van der Waals surface area contributed by atoms with Crippen molar-refractivity contribution in [3.63, 3.8) is 0 Å². The number of fused-ring (bicyclic) bond motifs is 1. The van der Waals surface area contributed by atoms with Crippen LogP contribution in [0.15, 0.2) is 28.3 Å². The van der Waals surface area contributed by atoms with E-state index in [1.54, 1.807) is 17.5 Å². The number of anilines is 1. The molecule has 0 saturated carbocycles. The van der Waals surface area contributed by atoms with E-state index >= 15 is 0 Å². The SMILES string of the molecule is CC(Cn1c(N)nc2cc(Br)cnc21)c1nccs1. The minimum Gasteiger partial charge on any atom is -0.369 e. The summed E-state index contributed by atoms with van der Waals surface area (Å²) in [6, 6.07) is 1.92. The molecule has 0 aliphatic heterocycles. The molecule has 3 aromatic rings. The van der Waals surface area contributed by atoms with Gasteiger partial charge in [-0.25, -0.2) is 15.0 Å². The van der Waals surface area contributed by atoms with Gasteiger partial charge < -0.3 is 5.73 Å². The van der Waals surface area contributed by atoms with E-state index in [2.05, 4.69) is 37.8 Å². The minimum atomic E-state index is 0.283. The number of hydrogen-bond acceptors (Lipinski definition) is 5. The lowest BCUT2D eigenvalue weighted by molar-refractivity contribution is 0.610. The van der Waals surface area contributed by atoms with Crippen LogP contribution in [0, 0.1) is 0 Å². The van der Waals surface area contributed by atoms with Crippen molar-refractivity contribution < 1.29 is 0 Å². The first-order valence-electron chi connectivity index (χ1n) is 5.82. The van der Waals surface area contributed by atoms with Crippen LogP contribution in [0.5, 0.6) is 0 Å². The lowest BCUT2D eigenvalue weighted by Crippen LogP contribution is -2.09. The van der Waals surface area contributed by atoms with Gasteiger partial charge in [-0.05, 0) is 22.0 Å². The second kappa shape index (κ2) is 4.90. The first kappa shape index (κ1) is 12.6. The summed E-state index contributed by atoms with van der Waals surface area (Å²) in [5, 5.41) is 3.08. The predicted octanol–water partition coefficient (Wildman–Crippen LogP) is 3.04. The Bertz CT molecular complexity index is 706. The Kier molecular flexibility index (Phi) is 3.24. The highest BCUT2D eigenvalue weighted by molar-refractivity contribution is 9.10. The van der Waals surface area contributed by atoms with E-state index in [1.807, 2.05) is 22.2 Å². The van der Waals surface area contributed by atoms with Crippen molar-refractivity contribution in [1.29, 1.82) is 0 Å². The van der Waals surface area contributed by atoms with E-state index < -0.39 is 0 Å². The highest BCUT2D eigenvalue weighted by Crippen LogP contribution is 2.25. The zero-order chi connectivity index (χ0) is 13.4. The molecule has 0 spiro atoms. The van der Waals surface area contributed by atoms with Crippen LogP contribution in [-0.2, 0) is 6.54 Å². The molecule has 0 aliphatic rings. The van der Waals surface area contributed by atoms with Crippen LogP contribution in [0.25, 0.3) is 11.2 Å².